The van der Waals surface area contributed by atoms with E-state index in [2.05, 4.69) is 5.32 Å². The molecule has 0 spiro atoms. The normalized spacial score (nSPS) is 10.2. The second kappa shape index (κ2) is 8.45. The Bertz CT molecular complexity index is 692. The number of hydrogen-bond donors (Lipinski definition) is 1. The van der Waals surface area contributed by atoms with Crippen LogP contribution in [0.2, 0.25) is 5.02 Å². The van der Waals surface area contributed by atoms with Crippen LogP contribution < -0.4 is 19.7 Å². The number of nitrogens with zero attached hydrogens (tertiary/aromatic N) is 1. The monoisotopic (exact) mass is 348 g/mol. The van der Waals surface area contributed by atoms with E-state index >= 15 is 0 Å². The smallest absolute Gasteiger partial charge is 0.243 e. The highest BCUT2D eigenvalue weighted by atomic mass is 35.5. The Labute approximate surface area is 147 Å². The first-order valence-electron chi connectivity index (χ1n) is 7.60. The van der Waals surface area contributed by atoms with E-state index in [9.17, 15) is 4.79 Å². The molecule has 2 aromatic rings. The molecule has 0 saturated heterocycles. The number of likely N-dealkylation sites (N-methyl/N-ethyl adjacent to an activating group) is 1. The molecule has 0 aliphatic carbocycles. The van der Waals surface area contributed by atoms with E-state index in [1.807, 2.05) is 42.2 Å². The summed E-state index contributed by atoms with van der Waals surface area (Å²) < 4.78 is 10.5. The third-order valence-corrected chi connectivity index (χ3v) is 3.88. The molecule has 0 aromatic heterocycles. The zero-order chi connectivity index (χ0) is 17.5. The Hall–Kier alpha value is -2.40. The van der Waals surface area contributed by atoms with E-state index in [0.29, 0.717) is 22.2 Å². The average molecular weight is 349 g/mol. The predicted molar refractivity (Wildman–Crippen MR) is 97.5 cm³/mol. The quantitative estimate of drug-likeness (QED) is 0.826. The molecule has 0 unspecified atom stereocenters. The molecule has 0 aliphatic heterocycles. The van der Waals surface area contributed by atoms with E-state index < -0.39 is 0 Å². The molecule has 0 radical (unpaired) electrons. The Balaban J connectivity index is 2.14. The Morgan fingerprint density at radius 3 is 2.38 bits per heavy atom. The Morgan fingerprint density at radius 2 is 1.79 bits per heavy atom. The summed E-state index contributed by atoms with van der Waals surface area (Å²) >= 11 is 6.08. The molecule has 0 atom stereocenters. The van der Waals surface area contributed by atoms with Crippen molar-refractivity contribution in [2.24, 2.45) is 0 Å². The van der Waals surface area contributed by atoms with Crippen LogP contribution in [0.5, 0.6) is 11.5 Å². The number of rotatable bonds is 7. The second-order valence-electron chi connectivity index (χ2n) is 5.08. The predicted octanol–water partition coefficient (Wildman–Crippen LogP) is 3.82. The Kier molecular flexibility index (Phi) is 6.32. The van der Waals surface area contributed by atoms with Crippen molar-refractivity contribution >= 4 is 28.9 Å². The first-order chi connectivity index (χ1) is 11.6. The summed E-state index contributed by atoms with van der Waals surface area (Å²) in [4.78, 5) is 14.4. The minimum absolute atomic E-state index is 0.150. The molecule has 128 valence electrons. The molecule has 0 aliphatic rings. The average Bonchev–Trinajstić information content (AvgIpc) is 2.61. The third kappa shape index (κ3) is 4.32. The standard InChI is InChI=1S/C18H21ClN2O3/c1-4-21(13-8-6-5-7-9-13)12-18(22)20-15-11-16(23-2)14(19)10-17(15)24-3/h5-11H,4,12H2,1-3H3,(H,20,22). The fourth-order valence-corrected chi connectivity index (χ4v) is 2.58. The molecule has 0 bridgehead atoms. The van der Waals surface area contributed by atoms with Crippen molar-refractivity contribution in [1.29, 1.82) is 0 Å². The van der Waals surface area contributed by atoms with Gasteiger partial charge in [-0.15, -0.1) is 0 Å². The highest BCUT2D eigenvalue weighted by Crippen LogP contribution is 2.35. The summed E-state index contributed by atoms with van der Waals surface area (Å²) in [6, 6.07) is 13.1. The van der Waals surface area contributed by atoms with Crippen LogP contribution in [0.4, 0.5) is 11.4 Å². The summed E-state index contributed by atoms with van der Waals surface area (Å²) in [6.45, 7) is 2.96. The van der Waals surface area contributed by atoms with E-state index in [1.54, 1.807) is 12.1 Å². The largest absolute Gasteiger partial charge is 0.495 e. The highest BCUT2D eigenvalue weighted by Gasteiger charge is 2.15. The number of carbonyl (C=O) groups excluding carboxylic acids is 1. The lowest BCUT2D eigenvalue weighted by Crippen LogP contribution is -2.33. The summed E-state index contributed by atoms with van der Waals surface area (Å²) in [5, 5.41) is 3.28. The van der Waals surface area contributed by atoms with Gasteiger partial charge >= 0.3 is 0 Å². The summed E-state index contributed by atoms with van der Waals surface area (Å²) in [6.07, 6.45) is 0. The summed E-state index contributed by atoms with van der Waals surface area (Å²) in [5.74, 6) is 0.809. The van der Waals surface area contributed by atoms with Crippen LogP contribution in [0.3, 0.4) is 0 Å². The zero-order valence-electron chi connectivity index (χ0n) is 14.0. The van der Waals surface area contributed by atoms with Crippen LogP contribution in [0.1, 0.15) is 6.92 Å². The fourth-order valence-electron chi connectivity index (χ4n) is 2.35. The maximum absolute atomic E-state index is 12.4. The summed E-state index contributed by atoms with van der Waals surface area (Å²) in [5.41, 5.74) is 1.52. The third-order valence-electron chi connectivity index (χ3n) is 3.59. The SMILES string of the molecule is CCN(CC(=O)Nc1cc(OC)c(Cl)cc1OC)c1ccccc1. The van der Waals surface area contributed by atoms with Crippen molar-refractivity contribution in [2.45, 2.75) is 6.92 Å². The van der Waals surface area contributed by atoms with E-state index in [1.165, 1.54) is 14.2 Å². The molecular formula is C18H21ClN2O3. The van der Waals surface area contributed by atoms with E-state index in [-0.39, 0.29) is 12.5 Å². The lowest BCUT2D eigenvalue weighted by molar-refractivity contribution is -0.115. The Morgan fingerprint density at radius 1 is 1.12 bits per heavy atom. The van der Waals surface area contributed by atoms with Gasteiger partial charge in [-0.25, -0.2) is 0 Å². The van der Waals surface area contributed by atoms with Gasteiger partial charge in [0.25, 0.3) is 0 Å². The molecule has 2 aromatic carbocycles. The first-order valence-corrected chi connectivity index (χ1v) is 7.98. The van der Waals surface area contributed by atoms with Crippen LogP contribution in [0.15, 0.2) is 42.5 Å². The molecule has 5 nitrogen and oxygen atoms in total. The lowest BCUT2D eigenvalue weighted by Gasteiger charge is -2.22. The van der Waals surface area contributed by atoms with Crippen molar-refractivity contribution in [2.75, 3.05) is 37.5 Å². The lowest BCUT2D eigenvalue weighted by atomic mass is 10.2. The number of amides is 1. The van der Waals surface area contributed by atoms with Crippen LogP contribution >= 0.6 is 11.6 Å². The van der Waals surface area contributed by atoms with Crippen molar-refractivity contribution < 1.29 is 14.3 Å². The maximum atomic E-state index is 12.4. The van der Waals surface area contributed by atoms with Crippen LogP contribution in [0.25, 0.3) is 0 Å². The molecule has 0 fully saturated rings. The second-order valence-corrected chi connectivity index (χ2v) is 5.49. The first kappa shape index (κ1) is 17.9. The zero-order valence-corrected chi connectivity index (χ0v) is 14.8. The van der Waals surface area contributed by atoms with Gasteiger partial charge in [-0.1, -0.05) is 29.8 Å². The van der Waals surface area contributed by atoms with Gasteiger partial charge in [0.05, 0.1) is 31.5 Å². The number of nitrogens with one attached hydrogen (secondary N) is 1. The number of carbonyl (C=O) groups is 1. The molecule has 0 saturated carbocycles. The summed E-state index contributed by atoms with van der Waals surface area (Å²) in [7, 11) is 3.05. The van der Waals surface area contributed by atoms with Gasteiger partial charge in [0.15, 0.2) is 0 Å². The van der Waals surface area contributed by atoms with Gasteiger partial charge in [-0.3, -0.25) is 4.79 Å². The molecule has 1 amide bonds. The number of benzene rings is 2. The van der Waals surface area contributed by atoms with Gasteiger partial charge in [0.2, 0.25) is 5.91 Å². The minimum atomic E-state index is -0.150. The van der Waals surface area contributed by atoms with Crippen molar-refractivity contribution in [3.05, 3.63) is 47.5 Å². The molecule has 2 rings (SSSR count). The number of anilines is 2. The minimum Gasteiger partial charge on any atom is -0.495 e. The molecular weight excluding hydrogens is 328 g/mol. The van der Waals surface area contributed by atoms with E-state index in [0.717, 1.165) is 12.2 Å². The van der Waals surface area contributed by atoms with E-state index in [4.69, 9.17) is 21.1 Å². The van der Waals surface area contributed by atoms with Crippen molar-refractivity contribution in [3.8, 4) is 11.5 Å². The van der Waals surface area contributed by atoms with Gasteiger partial charge in [0.1, 0.15) is 11.5 Å². The van der Waals surface area contributed by atoms with Gasteiger partial charge < -0.3 is 19.7 Å². The van der Waals surface area contributed by atoms with Crippen LogP contribution in [0, 0.1) is 0 Å². The van der Waals surface area contributed by atoms with Gasteiger partial charge in [-0.2, -0.15) is 0 Å². The number of ether oxygens (including phenoxy) is 2. The number of hydrogen-bond acceptors (Lipinski definition) is 4. The highest BCUT2D eigenvalue weighted by molar-refractivity contribution is 6.32. The van der Waals surface area contributed by atoms with Crippen molar-refractivity contribution in [3.63, 3.8) is 0 Å². The maximum Gasteiger partial charge on any atom is 0.243 e. The number of methoxy groups -OCH3 is 2. The molecule has 1 N–H and O–H groups in total. The fraction of sp³-hybridized carbons (Fsp3) is 0.278. The number of halogens is 1. The number of para-hydroxylation sites is 1. The molecule has 0 heterocycles. The topological polar surface area (TPSA) is 50.8 Å². The molecule has 6 heteroatoms. The molecule has 24 heavy (non-hydrogen) atoms. The van der Waals surface area contributed by atoms with Gasteiger partial charge in [0, 0.05) is 24.4 Å². The van der Waals surface area contributed by atoms with Crippen LogP contribution in [-0.2, 0) is 4.79 Å². The van der Waals surface area contributed by atoms with Gasteiger partial charge in [-0.05, 0) is 19.1 Å². The van der Waals surface area contributed by atoms with Crippen LogP contribution in [-0.4, -0.2) is 33.2 Å². The van der Waals surface area contributed by atoms with Crippen molar-refractivity contribution in [1.82, 2.24) is 0 Å².